The number of carboxylic acids is 1. The van der Waals surface area contributed by atoms with Gasteiger partial charge in [0.15, 0.2) is 0 Å². The first-order valence-electron chi connectivity index (χ1n) is 7.16. The lowest BCUT2D eigenvalue weighted by atomic mass is 10.1. The van der Waals surface area contributed by atoms with Crippen molar-refractivity contribution >= 4 is 27.6 Å². The summed E-state index contributed by atoms with van der Waals surface area (Å²) in [5.41, 5.74) is 1.85. The molecule has 0 spiro atoms. The van der Waals surface area contributed by atoms with Crippen LogP contribution >= 0.6 is 15.9 Å². The molecule has 0 aliphatic heterocycles. The van der Waals surface area contributed by atoms with Crippen LogP contribution < -0.4 is 5.32 Å². The van der Waals surface area contributed by atoms with E-state index in [4.69, 9.17) is 5.11 Å². The van der Waals surface area contributed by atoms with Gasteiger partial charge in [-0.2, -0.15) is 0 Å². The Balaban J connectivity index is 2.23. The van der Waals surface area contributed by atoms with E-state index in [0.29, 0.717) is 0 Å². The smallest absolute Gasteiger partial charge is 0.354 e. The van der Waals surface area contributed by atoms with Gasteiger partial charge in [-0.3, -0.25) is 0 Å². The number of aromatic nitrogens is 1. The fourth-order valence-corrected chi connectivity index (χ4v) is 3.26. The number of nitrogens with one attached hydrogen (secondary N) is 1. The molecule has 0 atom stereocenters. The molecule has 0 aromatic carbocycles. The third kappa shape index (κ3) is 3.51. The van der Waals surface area contributed by atoms with Gasteiger partial charge in [-0.1, -0.05) is 26.7 Å². The molecule has 0 amide bonds. The molecule has 0 bridgehead atoms. The molecular formula is C15H21BrN2O2. The van der Waals surface area contributed by atoms with Gasteiger partial charge in [0.25, 0.3) is 0 Å². The summed E-state index contributed by atoms with van der Waals surface area (Å²) in [6.45, 7) is 4.99. The largest absolute Gasteiger partial charge is 0.477 e. The highest BCUT2D eigenvalue weighted by Gasteiger charge is 2.19. The molecule has 5 heteroatoms. The van der Waals surface area contributed by atoms with Crippen LogP contribution in [0.5, 0.6) is 0 Å². The highest BCUT2D eigenvalue weighted by Crippen LogP contribution is 2.32. The Kier molecular flexibility index (Phi) is 5.02. The number of anilines is 1. The van der Waals surface area contributed by atoms with E-state index in [1.54, 1.807) is 6.07 Å². The molecule has 1 aromatic rings. The molecule has 1 saturated carbocycles. The maximum atomic E-state index is 11.1. The van der Waals surface area contributed by atoms with Crippen LogP contribution in [0.3, 0.4) is 0 Å². The summed E-state index contributed by atoms with van der Waals surface area (Å²) < 4.78 is 0.784. The Morgan fingerprint density at radius 1 is 1.50 bits per heavy atom. The van der Waals surface area contributed by atoms with Gasteiger partial charge in [-0.05, 0) is 46.7 Å². The van der Waals surface area contributed by atoms with Crippen LogP contribution in [0.4, 0.5) is 5.69 Å². The Bertz CT molecular complexity index is 497. The first-order valence-corrected chi connectivity index (χ1v) is 7.96. The summed E-state index contributed by atoms with van der Waals surface area (Å²) in [4.78, 5) is 15.4. The quantitative estimate of drug-likeness (QED) is 0.840. The maximum absolute atomic E-state index is 11.1. The first-order chi connectivity index (χ1) is 9.49. The van der Waals surface area contributed by atoms with Crippen LogP contribution in [0, 0.1) is 5.92 Å². The topological polar surface area (TPSA) is 62.2 Å². The highest BCUT2D eigenvalue weighted by atomic mass is 79.9. The van der Waals surface area contributed by atoms with Gasteiger partial charge in [0.05, 0.1) is 11.4 Å². The molecule has 0 saturated heterocycles. The van der Waals surface area contributed by atoms with E-state index in [2.05, 4.69) is 26.2 Å². The van der Waals surface area contributed by atoms with E-state index < -0.39 is 5.97 Å². The van der Waals surface area contributed by atoms with Crippen LogP contribution in [0.15, 0.2) is 10.5 Å². The fourth-order valence-electron chi connectivity index (χ4n) is 2.70. The molecule has 1 heterocycles. The van der Waals surface area contributed by atoms with Gasteiger partial charge >= 0.3 is 5.97 Å². The van der Waals surface area contributed by atoms with E-state index in [-0.39, 0.29) is 11.6 Å². The lowest BCUT2D eigenvalue weighted by molar-refractivity contribution is 0.0690. The summed E-state index contributed by atoms with van der Waals surface area (Å²) in [5, 5.41) is 12.6. The van der Waals surface area contributed by atoms with Crippen molar-refractivity contribution in [1.82, 2.24) is 4.98 Å². The second-order valence-electron chi connectivity index (χ2n) is 5.74. The molecule has 1 aliphatic rings. The molecule has 1 aromatic heterocycles. The van der Waals surface area contributed by atoms with Crippen molar-refractivity contribution in [2.45, 2.75) is 45.4 Å². The predicted molar refractivity (Wildman–Crippen MR) is 83.4 cm³/mol. The minimum absolute atomic E-state index is 0.0898. The molecule has 1 aliphatic carbocycles. The monoisotopic (exact) mass is 340 g/mol. The molecule has 2 N–H and O–H groups in total. The van der Waals surface area contributed by atoms with Crippen molar-refractivity contribution in [1.29, 1.82) is 0 Å². The lowest BCUT2D eigenvalue weighted by Crippen LogP contribution is -2.15. The Hall–Kier alpha value is -1.10. The molecule has 0 unspecified atom stereocenters. The van der Waals surface area contributed by atoms with Gasteiger partial charge in [-0.25, -0.2) is 9.78 Å². The average molecular weight is 341 g/mol. The number of aromatic carboxylic acids is 1. The highest BCUT2D eigenvalue weighted by molar-refractivity contribution is 9.10. The molecule has 1 fully saturated rings. The first kappa shape index (κ1) is 15.3. The van der Waals surface area contributed by atoms with Crippen molar-refractivity contribution in [3.63, 3.8) is 0 Å². The number of carbonyl (C=O) groups is 1. The molecule has 0 radical (unpaired) electrons. The van der Waals surface area contributed by atoms with Gasteiger partial charge in [0.1, 0.15) is 5.69 Å². The Morgan fingerprint density at radius 2 is 2.15 bits per heavy atom. The Labute approximate surface area is 128 Å². The third-order valence-electron chi connectivity index (χ3n) is 3.81. The summed E-state index contributed by atoms with van der Waals surface area (Å²) >= 11 is 3.48. The molecule has 2 rings (SSSR count). The predicted octanol–water partition coefficient (Wildman–Crippen LogP) is 4.27. The van der Waals surface area contributed by atoms with E-state index in [1.165, 1.54) is 25.7 Å². The second-order valence-corrected chi connectivity index (χ2v) is 6.60. The number of hydrogen-bond acceptors (Lipinski definition) is 3. The van der Waals surface area contributed by atoms with E-state index in [0.717, 1.165) is 28.3 Å². The van der Waals surface area contributed by atoms with Gasteiger partial charge < -0.3 is 10.4 Å². The summed E-state index contributed by atoms with van der Waals surface area (Å²) in [7, 11) is 0. The fraction of sp³-hybridized carbons (Fsp3) is 0.600. The summed E-state index contributed by atoms with van der Waals surface area (Å²) in [5.74, 6) is -0.0901. The van der Waals surface area contributed by atoms with Gasteiger partial charge in [-0.15, -0.1) is 0 Å². The van der Waals surface area contributed by atoms with Crippen LogP contribution in [0.2, 0.25) is 0 Å². The summed E-state index contributed by atoms with van der Waals surface area (Å²) in [6, 6.07) is 1.57. The standard InChI is InChI=1S/C15H21BrN2O2/c1-9(2)13-14(17-8-10-5-3-4-6-10)11(16)7-12(18-13)15(19)20/h7,9-10,17H,3-6,8H2,1-2H3,(H,19,20). The Morgan fingerprint density at radius 3 is 2.70 bits per heavy atom. The van der Waals surface area contributed by atoms with Crippen LogP contribution in [0.25, 0.3) is 0 Å². The minimum Gasteiger partial charge on any atom is -0.477 e. The number of rotatable bonds is 5. The number of pyridine rings is 1. The van der Waals surface area contributed by atoms with E-state index in [1.807, 2.05) is 13.8 Å². The van der Waals surface area contributed by atoms with Gasteiger partial charge in [0, 0.05) is 11.0 Å². The zero-order valence-electron chi connectivity index (χ0n) is 11.9. The molecule has 110 valence electrons. The zero-order valence-corrected chi connectivity index (χ0v) is 13.5. The molecular weight excluding hydrogens is 320 g/mol. The second kappa shape index (κ2) is 6.57. The number of hydrogen-bond donors (Lipinski definition) is 2. The van der Waals surface area contributed by atoms with Crippen molar-refractivity contribution in [2.75, 3.05) is 11.9 Å². The van der Waals surface area contributed by atoms with Crippen molar-refractivity contribution in [2.24, 2.45) is 5.92 Å². The normalized spacial score (nSPS) is 15.8. The van der Waals surface area contributed by atoms with Crippen molar-refractivity contribution in [3.8, 4) is 0 Å². The van der Waals surface area contributed by atoms with Crippen LogP contribution in [-0.4, -0.2) is 22.6 Å². The van der Waals surface area contributed by atoms with Crippen LogP contribution in [0.1, 0.15) is 61.6 Å². The van der Waals surface area contributed by atoms with E-state index >= 15 is 0 Å². The molecule has 4 nitrogen and oxygen atoms in total. The number of halogens is 1. The van der Waals surface area contributed by atoms with Crippen molar-refractivity contribution < 1.29 is 9.90 Å². The molecule has 20 heavy (non-hydrogen) atoms. The number of carboxylic acid groups (broad SMARTS) is 1. The third-order valence-corrected chi connectivity index (χ3v) is 4.43. The van der Waals surface area contributed by atoms with E-state index in [9.17, 15) is 4.79 Å². The zero-order chi connectivity index (χ0) is 14.7. The summed E-state index contributed by atoms with van der Waals surface area (Å²) in [6.07, 6.45) is 5.20. The SMILES string of the molecule is CC(C)c1nc(C(=O)O)cc(Br)c1NCC1CCCC1. The maximum Gasteiger partial charge on any atom is 0.354 e. The average Bonchev–Trinajstić information content (AvgIpc) is 2.89. The lowest BCUT2D eigenvalue weighted by Gasteiger charge is -2.18. The van der Waals surface area contributed by atoms with Gasteiger partial charge in [0.2, 0.25) is 0 Å². The van der Waals surface area contributed by atoms with Crippen LogP contribution in [-0.2, 0) is 0 Å². The van der Waals surface area contributed by atoms with Crippen molar-refractivity contribution in [3.05, 3.63) is 21.9 Å². The minimum atomic E-state index is -0.991. The number of nitrogens with zero attached hydrogens (tertiary/aromatic N) is 1.